The van der Waals surface area contributed by atoms with E-state index >= 15 is 0 Å². The van der Waals surface area contributed by atoms with Crippen molar-refractivity contribution >= 4 is 11.9 Å². The molecule has 0 aliphatic heterocycles. The molecule has 1 N–H and O–H groups in total. The minimum absolute atomic E-state index is 0.0191. The minimum atomic E-state index is -0.480. The summed E-state index contributed by atoms with van der Waals surface area (Å²) >= 11 is 0. The maximum Gasteiger partial charge on any atom is 0.307 e. The number of methoxy groups -OCH3 is 1. The Balaban J connectivity index is 2.09. The number of carbonyl (C=O) groups is 2. The summed E-state index contributed by atoms with van der Waals surface area (Å²) in [7, 11) is 1.31. The van der Waals surface area contributed by atoms with Crippen molar-refractivity contribution in [1.29, 1.82) is 0 Å². The quantitative estimate of drug-likeness (QED) is 0.849. The second-order valence-electron chi connectivity index (χ2n) is 5.37. The molecule has 1 aromatic carbocycles. The van der Waals surface area contributed by atoms with Crippen LogP contribution in [0.5, 0.6) is 0 Å². The molecule has 21 heavy (non-hydrogen) atoms. The van der Waals surface area contributed by atoms with Crippen molar-refractivity contribution < 1.29 is 18.7 Å². The standard InChI is InChI=1S/C16H20FNO3/c1-21-15(19)10-14(11-6-8-13(17)9-7-11)18-16(20)12-4-2-3-5-12/h6-9,12,14H,2-5,10H2,1H3,(H,18,20)/t14-/m0/s1. The number of halogens is 1. The fraction of sp³-hybridized carbons (Fsp3) is 0.500. The summed E-state index contributed by atoms with van der Waals surface area (Å²) in [6.45, 7) is 0. The van der Waals surface area contributed by atoms with E-state index in [1.807, 2.05) is 0 Å². The predicted molar refractivity (Wildman–Crippen MR) is 75.9 cm³/mol. The van der Waals surface area contributed by atoms with E-state index in [0.29, 0.717) is 5.56 Å². The first-order valence-electron chi connectivity index (χ1n) is 7.23. The molecule has 5 heteroatoms. The molecule has 2 rings (SSSR count). The molecule has 114 valence electrons. The monoisotopic (exact) mass is 293 g/mol. The highest BCUT2D eigenvalue weighted by Crippen LogP contribution is 2.26. The zero-order valence-corrected chi connectivity index (χ0v) is 12.1. The summed E-state index contributed by atoms with van der Waals surface area (Å²) in [5, 5.41) is 2.90. The zero-order chi connectivity index (χ0) is 15.2. The van der Waals surface area contributed by atoms with E-state index in [9.17, 15) is 14.0 Å². The number of nitrogens with one attached hydrogen (secondary N) is 1. The molecule has 0 bridgehead atoms. The van der Waals surface area contributed by atoms with Gasteiger partial charge in [0.25, 0.3) is 0 Å². The van der Waals surface area contributed by atoms with Crippen molar-refractivity contribution in [2.45, 2.75) is 38.1 Å². The predicted octanol–water partition coefficient (Wildman–Crippen LogP) is 2.74. The lowest BCUT2D eigenvalue weighted by Gasteiger charge is -2.20. The second kappa shape index (κ2) is 7.20. The van der Waals surface area contributed by atoms with E-state index in [1.54, 1.807) is 12.1 Å². The Bertz CT molecular complexity index is 495. The number of carbonyl (C=O) groups excluding carboxylic acids is 2. The van der Waals surface area contributed by atoms with Crippen LogP contribution in [0.1, 0.15) is 43.7 Å². The highest BCUT2D eigenvalue weighted by atomic mass is 19.1. The molecular weight excluding hydrogens is 273 g/mol. The minimum Gasteiger partial charge on any atom is -0.469 e. The van der Waals surface area contributed by atoms with Gasteiger partial charge < -0.3 is 10.1 Å². The molecule has 0 radical (unpaired) electrons. The molecule has 0 saturated heterocycles. The molecular formula is C16H20FNO3. The first kappa shape index (κ1) is 15.5. The van der Waals surface area contributed by atoms with Crippen LogP contribution in [0, 0.1) is 11.7 Å². The van der Waals surface area contributed by atoms with E-state index in [1.165, 1.54) is 19.2 Å². The first-order valence-corrected chi connectivity index (χ1v) is 7.23. The van der Waals surface area contributed by atoms with Gasteiger partial charge in [-0.2, -0.15) is 0 Å². The second-order valence-corrected chi connectivity index (χ2v) is 5.37. The van der Waals surface area contributed by atoms with Crippen LogP contribution in [0.4, 0.5) is 4.39 Å². The molecule has 0 aromatic heterocycles. The van der Waals surface area contributed by atoms with Crippen LogP contribution in [0.2, 0.25) is 0 Å². The first-order chi connectivity index (χ1) is 10.1. The lowest BCUT2D eigenvalue weighted by atomic mass is 10.0. The normalized spacial score (nSPS) is 16.5. The lowest BCUT2D eigenvalue weighted by molar-refractivity contribution is -0.141. The van der Waals surface area contributed by atoms with Gasteiger partial charge >= 0.3 is 5.97 Å². The van der Waals surface area contributed by atoms with E-state index in [2.05, 4.69) is 10.1 Å². The van der Waals surface area contributed by atoms with Crippen molar-refractivity contribution in [2.24, 2.45) is 5.92 Å². The largest absolute Gasteiger partial charge is 0.469 e. The summed E-state index contributed by atoms with van der Waals surface area (Å²) in [5.74, 6) is -0.773. The van der Waals surface area contributed by atoms with Crippen molar-refractivity contribution in [3.8, 4) is 0 Å². The van der Waals surface area contributed by atoms with Crippen LogP contribution in [-0.4, -0.2) is 19.0 Å². The summed E-state index contributed by atoms with van der Waals surface area (Å²) in [6.07, 6.45) is 3.95. The number of ether oxygens (including phenoxy) is 1. The number of hydrogen-bond donors (Lipinski definition) is 1. The van der Waals surface area contributed by atoms with Crippen molar-refractivity contribution in [3.63, 3.8) is 0 Å². The number of amides is 1. The molecule has 0 heterocycles. The highest BCUT2D eigenvalue weighted by molar-refractivity contribution is 5.80. The highest BCUT2D eigenvalue weighted by Gasteiger charge is 2.26. The SMILES string of the molecule is COC(=O)C[C@H](NC(=O)C1CCCC1)c1ccc(F)cc1. The Morgan fingerprint density at radius 3 is 2.48 bits per heavy atom. The van der Waals surface area contributed by atoms with E-state index in [-0.39, 0.29) is 24.1 Å². The fourth-order valence-corrected chi connectivity index (χ4v) is 2.67. The molecule has 1 aliphatic rings. The average molecular weight is 293 g/mol. The molecule has 1 atom stereocenters. The number of benzene rings is 1. The topological polar surface area (TPSA) is 55.4 Å². The van der Waals surface area contributed by atoms with Gasteiger partial charge in [0.2, 0.25) is 5.91 Å². The van der Waals surface area contributed by atoms with Crippen LogP contribution in [0.25, 0.3) is 0 Å². The Morgan fingerprint density at radius 1 is 1.29 bits per heavy atom. The van der Waals surface area contributed by atoms with Gasteiger partial charge in [0.05, 0.1) is 19.6 Å². The Hall–Kier alpha value is -1.91. The Kier molecular flexibility index (Phi) is 5.31. The van der Waals surface area contributed by atoms with Crippen LogP contribution < -0.4 is 5.32 Å². The van der Waals surface area contributed by atoms with Gasteiger partial charge in [0.1, 0.15) is 5.82 Å². The molecule has 0 unspecified atom stereocenters. The third-order valence-electron chi connectivity index (χ3n) is 3.91. The van der Waals surface area contributed by atoms with Crippen LogP contribution in [0.3, 0.4) is 0 Å². The maximum atomic E-state index is 13.0. The number of rotatable bonds is 5. The van der Waals surface area contributed by atoms with Gasteiger partial charge in [0.15, 0.2) is 0 Å². The third-order valence-corrected chi connectivity index (χ3v) is 3.91. The van der Waals surface area contributed by atoms with Crippen LogP contribution in [0.15, 0.2) is 24.3 Å². The van der Waals surface area contributed by atoms with Crippen molar-refractivity contribution in [1.82, 2.24) is 5.32 Å². The summed E-state index contributed by atoms with van der Waals surface area (Å²) in [5.41, 5.74) is 0.702. The Labute approximate surface area is 123 Å². The smallest absolute Gasteiger partial charge is 0.307 e. The fourth-order valence-electron chi connectivity index (χ4n) is 2.67. The third kappa shape index (κ3) is 4.28. The van der Waals surface area contributed by atoms with Crippen LogP contribution >= 0.6 is 0 Å². The van der Waals surface area contributed by atoms with E-state index < -0.39 is 12.0 Å². The molecule has 0 spiro atoms. The maximum absolute atomic E-state index is 13.0. The van der Waals surface area contributed by atoms with Gasteiger partial charge in [-0.25, -0.2) is 4.39 Å². The van der Waals surface area contributed by atoms with Crippen LogP contribution in [-0.2, 0) is 14.3 Å². The molecule has 1 amide bonds. The Morgan fingerprint density at radius 2 is 1.90 bits per heavy atom. The average Bonchev–Trinajstić information content (AvgIpc) is 3.01. The van der Waals surface area contributed by atoms with E-state index in [0.717, 1.165) is 25.7 Å². The summed E-state index contributed by atoms with van der Waals surface area (Å²) in [6, 6.07) is 5.32. The zero-order valence-electron chi connectivity index (χ0n) is 12.1. The lowest BCUT2D eigenvalue weighted by Crippen LogP contribution is -2.34. The van der Waals surface area contributed by atoms with E-state index in [4.69, 9.17) is 0 Å². The molecule has 1 saturated carbocycles. The van der Waals surface area contributed by atoms with Crippen molar-refractivity contribution in [3.05, 3.63) is 35.6 Å². The molecule has 1 fully saturated rings. The van der Waals surface area contributed by atoms with Gasteiger partial charge in [-0.1, -0.05) is 25.0 Å². The number of esters is 1. The van der Waals surface area contributed by atoms with Gasteiger partial charge in [-0.3, -0.25) is 9.59 Å². The molecule has 4 nitrogen and oxygen atoms in total. The summed E-state index contributed by atoms with van der Waals surface area (Å²) in [4.78, 5) is 23.7. The number of hydrogen-bond acceptors (Lipinski definition) is 3. The summed E-state index contributed by atoms with van der Waals surface area (Å²) < 4.78 is 17.7. The van der Waals surface area contributed by atoms with Gasteiger partial charge in [-0.05, 0) is 30.5 Å². The molecule has 1 aliphatic carbocycles. The van der Waals surface area contributed by atoms with Gasteiger partial charge in [-0.15, -0.1) is 0 Å². The molecule has 1 aromatic rings. The van der Waals surface area contributed by atoms with Crippen molar-refractivity contribution in [2.75, 3.05) is 7.11 Å². The van der Waals surface area contributed by atoms with Gasteiger partial charge in [0, 0.05) is 5.92 Å².